The van der Waals surface area contributed by atoms with Gasteiger partial charge in [0.15, 0.2) is 0 Å². The number of benzene rings is 1. The van der Waals surface area contributed by atoms with Gasteiger partial charge < -0.3 is 10.1 Å². The number of nitrogens with one attached hydrogen (secondary N) is 1. The number of ether oxygens (including phenoxy) is 1. The van der Waals surface area contributed by atoms with Crippen LogP contribution in [-0.4, -0.2) is 43.2 Å². The van der Waals surface area contributed by atoms with Crippen LogP contribution < -0.4 is 5.32 Å². The van der Waals surface area contributed by atoms with E-state index in [2.05, 4.69) is 67.6 Å². The largest absolute Gasteiger partial charge is 0.379 e. The Labute approximate surface area is 166 Å². The van der Waals surface area contributed by atoms with Crippen LogP contribution in [0.4, 0.5) is 0 Å². The molecule has 1 aliphatic rings. The molecule has 0 radical (unpaired) electrons. The summed E-state index contributed by atoms with van der Waals surface area (Å²) >= 11 is 1.75. The maximum Gasteiger partial charge on any atom is 0.251 e. The van der Waals surface area contributed by atoms with Crippen molar-refractivity contribution in [2.45, 2.75) is 45.2 Å². The van der Waals surface area contributed by atoms with Gasteiger partial charge in [-0.1, -0.05) is 39.0 Å². The third-order valence-corrected chi connectivity index (χ3v) is 6.06. The van der Waals surface area contributed by atoms with Gasteiger partial charge in [0.05, 0.1) is 19.3 Å². The second kappa shape index (κ2) is 8.55. The van der Waals surface area contributed by atoms with Crippen molar-refractivity contribution >= 4 is 17.2 Å². The number of rotatable bonds is 5. The lowest BCUT2D eigenvalue weighted by Gasteiger charge is -2.37. The number of amides is 1. The molecule has 5 heteroatoms. The summed E-state index contributed by atoms with van der Waals surface area (Å²) in [5.74, 6) is -0.0159. The van der Waals surface area contributed by atoms with Crippen molar-refractivity contribution in [3.63, 3.8) is 0 Å². The molecule has 2 aromatic rings. The molecule has 2 heterocycles. The highest BCUT2D eigenvalue weighted by Gasteiger charge is 2.29. The quantitative estimate of drug-likeness (QED) is 0.836. The summed E-state index contributed by atoms with van der Waals surface area (Å²) in [7, 11) is 0. The van der Waals surface area contributed by atoms with E-state index in [1.165, 1.54) is 10.4 Å². The molecule has 0 spiro atoms. The van der Waals surface area contributed by atoms with E-state index in [4.69, 9.17) is 4.74 Å². The van der Waals surface area contributed by atoms with E-state index >= 15 is 0 Å². The maximum absolute atomic E-state index is 12.8. The molecule has 4 nitrogen and oxygen atoms in total. The molecule has 0 bridgehead atoms. The molecule has 3 rings (SSSR count). The first kappa shape index (κ1) is 20.1. The highest BCUT2D eigenvalue weighted by molar-refractivity contribution is 7.10. The van der Waals surface area contributed by atoms with Crippen molar-refractivity contribution in [1.82, 2.24) is 10.2 Å². The van der Waals surface area contributed by atoms with Crippen LogP contribution in [0.25, 0.3) is 0 Å². The molecule has 1 fully saturated rings. The molecule has 0 saturated carbocycles. The number of thiophene rings is 1. The molecule has 1 amide bonds. The number of hydrogen-bond donors (Lipinski definition) is 1. The summed E-state index contributed by atoms with van der Waals surface area (Å²) in [5, 5.41) is 5.33. The molecule has 2 atom stereocenters. The number of nitrogens with zero attached hydrogens (tertiary/aromatic N) is 1. The molecule has 1 N–H and O–H groups in total. The first-order chi connectivity index (χ1) is 12.9. The fourth-order valence-electron chi connectivity index (χ4n) is 3.55. The molecule has 1 saturated heterocycles. The highest BCUT2D eigenvalue weighted by atomic mass is 32.1. The van der Waals surface area contributed by atoms with E-state index in [1.807, 2.05) is 12.1 Å². The van der Waals surface area contributed by atoms with Gasteiger partial charge >= 0.3 is 0 Å². The van der Waals surface area contributed by atoms with Crippen LogP contribution in [0.1, 0.15) is 54.5 Å². The molecule has 1 aromatic carbocycles. The number of carbonyl (C=O) groups is 1. The lowest BCUT2D eigenvalue weighted by Crippen LogP contribution is -2.48. The Kier molecular flexibility index (Phi) is 6.35. The zero-order valence-electron chi connectivity index (χ0n) is 16.7. The Morgan fingerprint density at radius 1 is 1.15 bits per heavy atom. The van der Waals surface area contributed by atoms with E-state index < -0.39 is 0 Å². The van der Waals surface area contributed by atoms with Crippen LogP contribution in [0, 0.1) is 0 Å². The molecule has 0 aliphatic carbocycles. The van der Waals surface area contributed by atoms with Gasteiger partial charge in [-0.15, -0.1) is 11.3 Å². The SMILES string of the molecule is C[C@H](NC(=O)c1ccc(C(C)(C)C)cc1)[C@@H](c1cccs1)N1CCOCC1. The van der Waals surface area contributed by atoms with Crippen LogP contribution >= 0.6 is 11.3 Å². The Balaban J connectivity index is 1.72. The minimum absolute atomic E-state index is 0.0107. The summed E-state index contributed by atoms with van der Waals surface area (Å²) < 4.78 is 5.51. The summed E-state index contributed by atoms with van der Waals surface area (Å²) in [6.45, 7) is 11.9. The standard InChI is InChI=1S/C22H30N2O2S/c1-16(20(19-6-5-15-27-19)24-11-13-26-14-12-24)23-21(25)17-7-9-18(10-8-17)22(2,3)4/h5-10,15-16,20H,11-14H2,1-4H3,(H,23,25)/t16-,20-/m0/s1. The molecule has 146 valence electrons. The highest BCUT2D eigenvalue weighted by Crippen LogP contribution is 2.29. The molecule has 27 heavy (non-hydrogen) atoms. The Bertz CT molecular complexity index is 729. The van der Waals surface area contributed by atoms with Gasteiger partial charge in [0.25, 0.3) is 5.91 Å². The second-order valence-electron chi connectivity index (χ2n) is 8.20. The maximum atomic E-state index is 12.8. The van der Waals surface area contributed by atoms with Gasteiger partial charge in [-0.05, 0) is 41.5 Å². The summed E-state index contributed by atoms with van der Waals surface area (Å²) in [6, 6.07) is 12.4. The predicted molar refractivity (Wildman–Crippen MR) is 112 cm³/mol. The van der Waals surface area contributed by atoms with Gasteiger partial charge in [0.1, 0.15) is 0 Å². The van der Waals surface area contributed by atoms with Crippen LogP contribution in [0.3, 0.4) is 0 Å². The smallest absolute Gasteiger partial charge is 0.251 e. The van der Waals surface area contributed by atoms with Crippen LogP contribution in [0.5, 0.6) is 0 Å². The van der Waals surface area contributed by atoms with E-state index in [0.717, 1.165) is 26.3 Å². The third-order valence-electron chi connectivity index (χ3n) is 5.12. The molecular formula is C22H30N2O2S. The van der Waals surface area contributed by atoms with Crippen molar-refractivity contribution in [2.75, 3.05) is 26.3 Å². The Morgan fingerprint density at radius 3 is 2.37 bits per heavy atom. The van der Waals surface area contributed by atoms with Gasteiger partial charge in [0.2, 0.25) is 0 Å². The van der Waals surface area contributed by atoms with Crippen molar-refractivity contribution in [3.8, 4) is 0 Å². The van der Waals surface area contributed by atoms with Crippen molar-refractivity contribution in [3.05, 3.63) is 57.8 Å². The van der Waals surface area contributed by atoms with Crippen molar-refractivity contribution in [1.29, 1.82) is 0 Å². The second-order valence-corrected chi connectivity index (χ2v) is 9.18. The first-order valence-corrected chi connectivity index (χ1v) is 10.5. The normalized spacial score (nSPS) is 18.1. The number of morpholine rings is 1. The van der Waals surface area contributed by atoms with Crippen LogP contribution in [0.2, 0.25) is 0 Å². The average Bonchev–Trinajstić information content (AvgIpc) is 3.16. The Hall–Kier alpha value is -1.69. The first-order valence-electron chi connectivity index (χ1n) is 9.63. The minimum Gasteiger partial charge on any atom is -0.379 e. The fourth-order valence-corrected chi connectivity index (χ4v) is 4.51. The summed E-state index contributed by atoms with van der Waals surface area (Å²) in [5.41, 5.74) is 2.03. The lowest BCUT2D eigenvalue weighted by molar-refractivity contribution is 0.00969. The predicted octanol–water partition coefficient (Wildman–Crippen LogP) is 4.24. The van der Waals surface area contributed by atoms with Crippen molar-refractivity contribution in [2.24, 2.45) is 0 Å². The zero-order valence-corrected chi connectivity index (χ0v) is 17.5. The molecule has 1 aromatic heterocycles. The van der Waals surface area contributed by atoms with Gasteiger partial charge in [0, 0.05) is 29.6 Å². The minimum atomic E-state index is -0.0159. The molecule has 0 unspecified atom stereocenters. The Morgan fingerprint density at radius 2 is 1.81 bits per heavy atom. The number of carbonyl (C=O) groups excluding carboxylic acids is 1. The molecular weight excluding hydrogens is 356 g/mol. The average molecular weight is 387 g/mol. The van der Waals surface area contributed by atoms with E-state index in [9.17, 15) is 4.79 Å². The van der Waals surface area contributed by atoms with E-state index in [-0.39, 0.29) is 23.4 Å². The zero-order chi connectivity index (χ0) is 19.4. The van der Waals surface area contributed by atoms with E-state index in [1.54, 1.807) is 11.3 Å². The lowest BCUT2D eigenvalue weighted by atomic mass is 9.86. The van der Waals surface area contributed by atoms with E-state index in [0.29, 0.717) is 5.56 Å². The fraction of sp³-hybridized carbons (Fsp3) is 0.500. The van der Waals surface area contributed by atoms with Gasteiger partial charge in [-0.25, -0.2) is 0 Å². The van der Waals surface area contributed by atoms with Crippen molar-refractivity contribution < 1.29 is 9.53 Å². The monoisotopic (exact) mass is 386 g/mol. The van der Waals surface area contributed by atoms with Gasteiger partial charge in [-0.3, -0.25) is 9.69 Å². The summed E-state index contributed by atoms with van der Waals surface area (Å²) in [6.07, 6.45) is 0. The van der Waals surface area contributed by atoms with Crippen LogP contribution in [-0.2, 0) is 10.2 Å². The van der Waals surface area contributed by atoms with Gasteiger partial charge in [-0.2, -0.15) is 0 Å². The molecule has 1 aliphatic heterocycles. The third kappa shape index (κ3) is 4.98. The number of hydrogen-bond acceptors (Lipinski definition) is 4. The topological polar surface area (TPSA) is 41.6 Å². The van der Waals surface area contributed by atoms with Crippen LogP contribution in [0.15, 0.2) is 41.8 Å². The summed E-state index contributed by atoms with van der Waals surface area (Å²) in [4.78, 5) is 16.5.